The van der Waals surface area contributed by atoms with Gasteiger partial charge in [0.15, 0.2) is 5.58 Å². The first-order valence-corrected chi connectivity index (χ1v) is 8.56. The number of nitro benzene ring substituents is 1. The molecule has 138 valence electrons. The van der Waals surface area contributed by atoms with Crippen molar-refractivity contribution in [2.45, 2.75) is 0 Å². The summed E-state index contributed by atoms with van der Waals surface area (Å²) in [5.74, 6) is -0.0298. The summed E-state index contributed by atoms with van der Waals surface area (Å²) in [5, 5.41) is 21.4. The number of aliphatic imine (C=N–C) groups is 1. The van der Waals surface area contributed by atoms with Crippen molar-refractivity contribution in [1.29, 1.82) is 0 Å². The summed E-state index contributed by atoms with van der Waals surface area (Å²) in [6.45, 7) is 0. The van der Waals surface area contributed by atoms with Crippen molar-refractivity contribution in [1.82, 2.24) is 4.98 Å². The van der Waals surface area contributed by atoms with Gasteiger partial charge in [-0.25, -0.2) is 4.98 Å². The summed E-state index contributed by atoms with van der Waals surface area (Å²) in [6.07, 6.45) is 1.36. The molecule has 1 N–H and O–H groups in total. The largest absolute Gasteiger partial charge is 0.502 e. The Kier molecular flexibility index (Phi) is 4.50. The van der Waals surface area contributed by atoms with Crippen LogP contribution in [0.1, 0.15) is 5.56 Å². The molecule has 0 radical (unpaired) electrons. The lowest BCUT2D eigenvalue weighted by molar-refractivity contribution is -0.385. The van der Waals surface area contributed by atoms with E-state index in [0.29, 0.717) is 33.3 Å². The minimum Gasteiger partial charge on any atom is -0.502 e. The molecule has 0 saturated carbocycles. The van der Waals surface area contributed by atoms with Crippen molar-refractivity contribution < 1.29 is 14.4 Å². The van der Waals surface area contributed by atoms with E-state index in [4.69, 9.17) is 16.0 Å². The van der Waals surface area contributed by atoms with Gasteiger partial charge in [0.05, 0.1) is 21.2 Å². The van der Waals surface area contributed by atoms with Gasteiger partial charge in [0.1, 0.15) is 5.52 Å². The van der Waals surface area contributed by atoms with E-state index in [9.17, 15) is 15.2 Å². The fourth-order valence-corrected chi connectivity index (χ4v) is 2.91. The number of hydrogen-bond donors (Lipinski definition) is 1. The molecule has 0 atom stereocenters. The highest BCUT2D eigenvalue weighted by Gasteiger charge is 2.15. The molecule has 0 unspecified atom stereocenters. The molecule has 0 aliphatic rings. The Morgan fingerprint density at radius 2 is 1.96 bits per heavy atom. The Morgan fingerprint density at radius 3 is 2.75 bits per heavy atom. The first-order chi connectivity index (χ1) is 13.5. The number of oxazole rings is 1. The number of nitro groups is 1. The van der Waals surface area contributed by atoms with E-state index in [1.165, 1.54) is 24.4 Å². The van der Waals surface area contributed by atoms with E-state index >= 15 is 0 Å². The lowest BCUT2D eigenvalue weighted by atomic mass is 10.2. The first kappa shape index (κ1) is 17.7. The summed E-state index contributed by atoms with van der Waals surface area (Å²) in [5.41, 5.74) is 2.27. The molecule has 0 aliphatic heterocycles. The van der Waals surface area contributed by atoms with Crippen LogP contribution in [0.15, 0.2) is 70.1 Å². The number of phenols is 1. The number of rotatable bonds is 4. The van der Waals surface area contributed by atoms with Crippen molar-refractivity contribution in [3.63, 3.8) is 0 Å². The van der Waals surface area contributed by atoms with Crippen LogP contribution in [0.25, 0.3) is 22.6 Å². The van der Waals surface area contributed by atoms with Gasteiger partial charge in [-0.2, -0.15) is 0 Å². The molecule has 0 amide bonds. The van der Waals surface area contributed by atoms with Crippen LogP contribution in [-0.2, 0) is 0 Å². The highest BCUT2D eigenvalue weighted by molar-refractivity contribution is 6.33. The fourth-order valence-electron chi connectivity index (χ4n) is 2.69. The van der Waals surface area contributed by atoms with Crippen molar-refractivity contribution in [2.24, 2.45) is 4.99 Å². The lowest BCUT2D eigenvalue weighted by Crippen LogP contribution is -1.91. The molecule has 0 aliphatic carbocycles. The third-order valence-corrected chi connectivity index (χ3v) is 4.40. The second-order valence-electron chi connectivity index (χ2n) is 5.88. The van der Waals surface area contributed by atoms with Crippen LogP contribution in [0, 0.1) is 10.1 Å². The van der Waals surface area contributed by atoms with Gasteiger partial charge in [0.2, 0.25) is 11.6 Å². The maximum atomic E-state index is 10.9. The number of para-hydroxylation sites is 1. The van der Waals surface area contributed by atoms with Crippen molar-refractivity contribution in [3.05, 3.63) is 81.4 Å². The first-order valence-electron chi connectivity index (χ1n) is 8.19. The summed E-state index contributed by atoms with van der Waals surface area (Å²) in [7, 11) is 0. The quantitative estimate of drug-likeness (QED) is 0.279. The highest BCUT2D eigenvalue weighted by atomic mass is 35.5. The molecule has 28 heavy (non-hydrogen) atoms. The number of hydrogen-bond acceptors (Lipinski definition) is 6. The number of aromatic hydroxyl groups is 1. The topological polar surface area (TPSA) is 102 Å². The summed E-state index contributed by atoms with van der Waals surface area (Å²) in [4.78, 5) is 19.0. The Balaban J connectivity index is 1.68. The molecule has 3 aromatic carbocycles. The Morgan fingerprint density at radius 1 is 1.14 bits per heavy atom. The standard InChI is InChI=1S/C20H12ClN3O4/c21-15-6-2-1-5-14(15)20-23-16-10-13(8-9-18(16)28-20)22-11-12-4-3-7-17(19(12)25)24(26)27/h1-11,25H. The van der Waals surface area contributed by atoms with Gasteiger partial charge >= 0.3 is 5.69 Å². The molecule has 4 rings (SSSR count). The average molecular weight is 394 g/mol. The monoisotopic (exact) mass is 393 g/mol. The lowest BCUT2D eigenvalue weighted by Gasteiger charge is -1.99. The molecule has 0 spiro atoms. The van der Waals surface area contributed by atoms with Crippen LogP contribution in [0.5, 0.6) is 5.75 Å². The van der Waals surface area contributed by atoms with E-state index in [1.54, 1.807) is 24.3 Å². The number of benzene rings is 3. The molecule has 0 fully saturated rings. The number of phenolic OH excluding ortho intramolecular Hbond substituents is 1. The number of nitrogens with zero attached hydrogens (tertiary/aromatic N) is 3. The molecular formula is C20H12ClN3O4. The maximum Gasteiger partial charge on any atom is 0.311 e. The average Bonchev–Trinajstić information content (AvgIpc) is 3.10. The summed E-state index contributed by atoms with van der Waals surface area (Å²) >= 11 is 6.19. The Hall–Kier alpha value is -3.71. The number of aromatic nitrogens is 1. The second-order valence-corrected chi connectivity index (χ2v) is 6.29. The molecule has 0 saturated heterocycles. The van der Waals surface area contributed by atoms with Gasteiger partial charge in [-0.05, 0) is 36.4 Å². The highest BCUT2D eigenvalue weighted by Crippen LogP contribution is 2.32. The minimum absolute atomic E-state index is 0.242. The summed E-state index contributed by atoms with van der Waals surface area (Å²) in [6, 6.07) is 16.6. The Labute approximate surface area is 163 Å². The van der Waals surface area contributed by atoms with Gasteiger partial charge in [-0.3, -0.25) is 15.1 Å². The normalized spacial score (nSPS) is 11.3. The van der Waals surface area contributed by atoms with Crippen molar-refractivity contribution >= 4 is 40.3 Å². The van der Waals surface area contributed by atoms with Crippen LogP contribution in [0.3, 0.4) is 0 Å². The molecular weight excluding hydrogens is 382 g/mol. The van der Waals surface area contributed by atoms with Gasteiger partial charge < -0.3 is 9.52 Å². The molecule has 1 aromatic heterocycles. The van der Waals surface area contributed by atoms with E-state index in [1.807, 2.05) is 18.2 Å². The van der Waals surface area contributed by atoms with E-state index < -0.39 is 10.7 Å². The number of fused-ring (bicyclic) bond motifs is 1. The molecule has 4 aromatic rings. The van der Waals surface area contributed by atoms with E-state index in [-0.39, 0.29) is 11.3 Å². The van der Waals surface area contributed by atoms with Crippen molar-refractivity contribution in [3.8, 4) is 17.2 Å². The van der Waals surface area contributed by atoms with Crippen LogP contribution in [0.2, 0.25) is 5.02 Å². The Bertz CT molecular complexity index is 1230. The van der Waals surface area contributed by atoms with Crippen LogP contribution in [-0.4, -0.2) is 21.2 Å². The molecule has 1 heterocycles. The van der Waals surface area contributed by atoms with Gasteiger partial charge in [-0.15, -0.1) is 0 Å². The van der Waals surface area contributed by atoms with Gasteiger partial charge in [-0.1, -0.05) is 29.8 Å². The summed E-state index contributed by atoms with van der Waals surface area (Å²) < 4.78 is 5.75. The SMILES string of the molecule is O=[N+]([O-])c1cccc(C=Nc2ccc3oc(-c4ccccc4Cl)nc3c2)c1O. The zero-order chi connectivity index (χ0) is 19.7. The number of halogens is 1. The maximum absolute atomic E-state index is 10.9. The predicted molar refractivity (Wildman–Crippen MR) is 106 cm³/mol. The zero-order valence-corrected chi connectivity index (χ0v) is 15.0. The second kappa shape index (κ2) is 7.13. The van der Waals surface area contributed by atoms with Gasteiger partial charge in [0, 0.05) is 17.8 Å². The van der Waals surface area contributed by atoms with Crippen LogP contribution < -0.4 is 0 Å². The van der Waals surface area contributed by atoms with Crippen LogP contribution in [0.4, 0.5) is 11.4 Å². The van der Waals surface area contributed by atoms with Gasteiger partial charge in [0.25, 0.3) is 0 Å². The molecule has 8 heteroatoms. The zero-order valence-electron chi connectivity index (χ0n) is 14.2. The predicted octanol–water partition coefficient (Wildman–Crippen LogP) is 5.51. The minimum atomic E-state index is -0.648. The van der Waals surface area contributed by atoms with Crippen molar-refractivity contribution in [2.75, 3.05) is 0 Å². The third kappa shape index (κ3) is 3.30. The van der Waals surface area contributed by atoms with E-state index in [0.717, 1.165) is 0 Å². The van der Waals surface area contributed by atoms with Crippen LogP contribution >= 0.6 is 11.6 Å². The third-order valence-electron chi connectivity index (χ3n) is 4.07. The van der Waals surface area contributed by atoms with E-state index in [2.05, 4.69) is 9.98 Å². The molecule has 0 bridgehead atoms. The molecule has 7 nitrogen and oxygen atoms in total. The smallest absolute Gasteiger partial charge is 0.311 e. The fraction of sp³-hybridized carbons (Fsp3) is 0.